The van der Waals surface area contributed by atoms with E-state index in [9.17, 15) is 0 Å². The molecular formula is C22H25NV. The summed E-state index contributed by atoms with van der Waals surface area (Å²) < 4.78 is 2.04. The summed E-state index contributed by atoms with van der Waals surface area (Å²) in [5.41, 5.74) is 7.27. The molecule has 0 aliphatic rings. The van der Waals surface area contributed by atoms with Gasteiger partial charge in [0.05, 0.1) is 0 Å². The van der Waals surface area contributed by atoms with E-state index < -0.39 is 0 Å². The minimum atomic E-state index is 0.493. The quantitative estimate of drug-likeness (QED) is 0.587. The van der Waals surface area contributed by atoms with Crippen molar-refractivity contribution in [2.75, 3.05) is 0 Å². The molecule has 1 heterocycles. The first-order valence-electron chi connectivity index (χ1n) is 8.39. The maximum atomic E-state index is 4.67. The van der Waals surface area contributed by atoms with Crippen molar-refractivity contribution in [2.24, 2.45) is 0 Å². The first-order chi connectivity index (χ1) is 11.5. The van der Waals surface area contributed by atoms with Crippen LogP contribution in [0.4, 0.5) is 0 Å². The Balaban J connectivity index is 2.65. The first-order valence-corrected chi connectivity index (χ1v) is 9.20. The van der Waals surface area contributed by atoms with Crippen molar-refractivity contribution in [3.05, 3.63) is 72.0 Å². The van der Waals surface area contributed by atoms with Crippen LogP contribution in [-0.2, 0) is 17.0 Å². The van der Waals surface area contributed by atoms with Gasteiger partial charge in [-0.1, -0.05) is 0 Å². The summed E-state index contributed by atoms with van der Waals surface area (Å²) in [6.07, 6.45) is 5.70. The number of pyridine rings is 1. The molecule has 0 radical (unpaired) electrons. The van der Waals surface area contributed by atoms with E-state index in [-0.39, 0.29) is 0 Å². The van der Waals surface area contributed by atoms with Crippen molar-refractivity contribution >= 4 is 10.3 Å². The Bertz CT molecular complexity index is 769. The van der Waals surface area contributed by atoms with Crippen LogP contribution in [0.1, 0.15) is 56.2 Å². The molecule has 0 N–H and O–H groups in total. The van der Waals surface area contributed by atoms with Crippen molar-refractivity contribution in [3.63, 3.8) is 0 Å². The minimum absolute atomic E-state index is 0.493. The van der Waals surface area contributed by atoms with E-state index in [1.54, 1.807) is 0 Å². The Morgan fingerprint density at radius 1 is 1.08 bits per heavy atom. The van der Waals surface area contributed by atoms with Crippen molar-refractivity contribution in [1.29, 1.82) is 0 Å². The number of allylic oxidation sites excluding steroid dienone is 3. The number of hydrogen-bond acceptors (Lipinski definition) is 1. The second kappa shape index (κ2) is 8.42. The van der Waals surface area contributed by atoms with Crippen molar-refractivity contribution in [1.82, 2.24) is 4.98 Å². The van der Waals surface area contributed by atoms with E-state index >= 15 is 0 Å². The van der Waals surface area contributed by atoms with E-state index in [1.807, 2.05) is 29.1 Å². The zero-order valence-electron chi connectivity index (χ0n) is 15.0. The third-order valence-electron chi connectivity index (χ3n) is 4.16. The second-order valence-corrected chi connectivity index (χ2v) is 6.94. The van der Waals surface area contributed by atoms with Gasteiger partial charge < -0.3 is 0 Å². The standard InChI is InChI=1S/C22H25N.V/c1-7-9-17(6)20-10-8-13-23-22(20)18-11-12-19(15(2)3)21(14-18)16(4)5;/h6-16H,1H2,2-5H3;. The average Bonchev–Trinajstić information content (AvgIpc) is 2.59. The predicted octanol–water partition coefficient (Wildman–Crippen LogP) is 5.91. The molecule has 2 heteroatoms. The molecule has 0 aliphatic heterocycles. The Labute approximate surface area is 155 Å². The Kier molecular flexibility index (Phi) is 6.54. The normalized spacial score (nSPS) is 11.8. The molecule has 0 fully saturated rings. The zero-order chi connectivity index (χ0) is 17.7. The van der Waals surface area contributed by atoms with Crippen LogP contribution in [0.3, 0.4) is 0 Å². The van der Waals surface area contributed by atoms with Gasteiger partial charge in [0.1, 0.15) is 0 Å². The summed E-state index contributed by atoms with van der Waals surface area (Å²) in [6, 6.07) is 10.9. The molecule has 0 aliphatic carbocycles. The average molecular weight is 354 g/mol. The van der Waals surface area contributed by atoms with E-state index in [2.05, 4.69) is 80.5 Å². The molecule has 2 rings (SSSR count). The third-order valence-corrected chi connectivity index (χ3v) is 4.59. The van der Waals surface area contributed by atoms with Crippen LogP contribution in [-0.4, -0.2) is 9.71 Å². The first kappa shape index (κ1) is 18.6. The van der Waals surface area contributed by atoms with Gasteiger partial charge in [-0.25, -0.2) is 0 Å². The van der Waals surface area contributed by atoms with Crippen LogP contribution in [0.5, 0.6) is 0 Å². The summed E-state index contributed by atoms with van der Waals surface area (Å²) >= 11 is 2.52. The van der Waals surface area contributed by atoms with Crippen LogP contribution in [0, 0.1) is 0 Å². The molecule has 1 aromatic carbocycles. The molecule has 1 nitrogen and oxygen atoms in total. The van der Waals surface area contributed by atoms with Crippen LogP contribution >= 0.6 is 0 Å². The van der Waals surface area contributed by atoms with Crippen molar-refractivity contribution < 1.29 is 17.0 Å². The molecule has 0 bridgehead atoms. The fourth-order valence-corrected chi connectivity index (χ4v) is 3.30. The SMILES string of the molecule is C=CC=C([CH]=[V])c1cccnc1-c1ccc(C(C)C)c(C(C)C)c1. The van der Waals surface area contributed by atoms with E-state index in [1.165, 1.54) is 16.7 Å². The van der Waals surface area contributed by atoms with Gasteiger partial charge in [-0.2, -0.15) is 0 Å². The van der Waals surface area contributed by atoms with Crippen LogP contribution in [0.25, 0.3) is 16.8 Å². The van der Waals surface area contributed by atoms with E-state index in [4.69, 9.17) is 0 Å². The molecule has 1 aromatic heterocycles. The Hall–Kier alpha value is -1.70. The Morgan fingerprint density at radius 3 is 2.38 bits per heavy atom. The van der Waals surface area contributed by atoms with E-state index in [0.717, 1.165) is 16.8 Å². The van der Waals surface area contributed by atoms with Crippen LogP contribution in [0.15, 0.2) is 55.3 Å². The monoisotopic (exact) mass is 354 g/mol. The van der Waals surface area contributed by atoms with Gasteiger partial charge in [0.2, 0.25) is 0 Å². The van der Waals surface area contributed by atoms with Gasteiger partial charge in [-0.15, -0.1) is 0 Å². The molecule has 0 unspecified atom stereocenters. The van der Waals surface area contributed by atoms with Crippen LogP contribution in [0.2, 0.25) is 0 Å². The molecule has 0 saturated carbocycles. The Morgan fingerprint density at radius 2 is 1.79 bits per heavy atom. The molecule has 24 heavy (non-hydrogen) atoms. The zero-order valence-corrected chi connectivity index (χ0v) is 16.3. The van der Waals surface area contributed by atoms with Gasteiger partial charge in [0.25, 0.3) is 0 Å². The van der Waals surface area contributed by atoms with Crippen LogP contribution < -0.4 is 0 Å². The third kappa shape index (κ3) is 4.03. The number of benzene rings is 1. The summed E-state index contributed by atoms with van der Waals surface area (Å²) in [5, 5.41) is 0. The van der Waals surface area contributed by atoms with Crippen molar-refractivity contribution in [3.8, 4) is 11.3 Å². The number of hydrogen-bond donors (Lipinski definition) is 0. The topological polar surface area (TPSA) is 12.9 Å². The molecular weight excluding hydrogens is 329 g/mol. The van der Waals surface area contributed by atoms with Gasteiger partial charge >= 0.3 is 155 Å². The summed E-state index contributed by atoms with van der Waals surface area (Å²) in [6.45, 7) is 12.8. The molecule has 0 saturated heterocycles. The maximum absolute atomic E-state index is 4.67. The molecule has 2 aromatic rings. The van der Waals surface area contributed by atoms with Gasteiger partial charge in [0.15, 0.2) is 0 Å². The molecule has 0 spiro atoms. The fraction of sp³-hybridized carbons (Fsp3) is 0.273. The van der Waals surface area contributed by atoms with Gasteiger partial charge in [0, 0.05) is 0 Å². The van der Waals surface area contributed by atoms with E-state index in [0.29, 0.717) is 11.8 Å². The summed E-state index contributed by atoms with van der Waals surface area (Å²) in [4.78, 5) is 4.67. The molecule has 123 valence electrons. The molecule has 0 atom stereocenters. The van der Waals surface area contributed by atoms with Gasteiger partial charge in [-0.3, -0.25) is 0 Å². The summed E-state index contributed by atoms with van der Waals surface area (Å²) in [7, 11) is 0. The van der Waals surface area contributed by atoms with Crippen molar-refractivity contribution in [2.45, 2.75) is 39.5 Å². The number of rotatable bonds is 6. The summed E-state index contributed by atoms with van der Waals surface area (Å²) in [5.74, 6) is 1.02. The predicted molar refractivity (Wildman–Crippen MR) is 102 cm³/mol. The second-order valence-electron chi connectivity index (χ2n) is 6.54. The van der Waals surface area contributed by atoms with Gasteiger partial charge in [-0.05, 0) is 0 Å². The molecule has 0 amide bonds. The number of aromatic nitrogens is 1. The number of nitrogens with zero attached hydrogens (tertiary/aromatic N) is 1. The fourth-order valence-electron chi connectivity index (χ4n) is 2.95.